The van der Waals surface area contributed by atoms with E-state index < -0.39 is 0 Å². The van der Waals surface area contributed by atoms with Crippen LogP contribution in [0.2, 0.25) is 0 Å². The normalized spacial score (nSPS) is 12.2. The molecule has 0 N–H and O–H groups in total. The van der Waals surface area contributed by atoms with Crippen LogP contribution in [0.3, 0.4) is 0 Å². The Morgan fingerprint density at radius 3 is 2.11 bits per heavy atom. The summed E-state index contributed by atoms with van der Waals surface area (Å²) in [6, 6.07) is 0. The standard InChI is InChI=1S/C16H30O2/c1-5-7-8-9-10-11-13-18-16(17)15(4)14(3)12-6-2/h5-13H2,1-4H3. The number of hydrogen-bond acceptors (Lipinski definition) is 2. The van der Waals surface area contributed by atoms with Crippen LogP contribution >= 0.6 is 0 Å². The number of allylic oxidation sites excluding steroid dienone is 1. The van der Waals surface area contributed by atoms with Crippen molar-refractivity contribution in [3.8, 4) is 0 Å². The quantitative estimate of drug-likeness (QED) is 0.310. The minimum Gasteiger partial charge on any atom is -0.462 e. The van der Waals surface area contributed by atoms with Crippen LogP contribution in [-0.4, -0.2) is 12.6 Å². The summed E-state index contributed by atoms with van der Waals surface area (Å²) in [5.41, 5.74) is 1.95. The van der Waals surface area contributed by atoms with Crippen LogP contribution in [0.1, 0.15) is 79.1 Å². The Labute approximate surface area is 113 Å². The summed E-state index contributed by atoms with van der Waals surface area (Å²) >= 11 is 0. The SMILES string of the molecule is CCCCCCCCOC(=O)C(C)=C(C)CCC. The van der Waals surface area contributed by atoms with Crippen molar-refractivity contribution in [3.63, 3.8) is 0 Å². The van der Waals surface area contributed by atoms with Crippen molar-refractivity contribution < 1.29 is 9.53 Å². The van der Waals surface area contributed by atoms with Gasteiger partial charge in [-0.05, 0) is 26.7 Å². The fourth-order valence-corrected chi connectivity index (χ4v) is 1.89. The molecular weight excluding hydrogens is 224 g/mol. The minimum atomic E-state index is -0.130. The number of carbonyl (C=O) groups excluding carboxylic acids is 1. The van der Waals surface area contributed by atoms with Crippen LogP contribution in [-0.2, 0) is 9.53 Å². The molecule has 0 aliphatic heterocycles. The van der Waals surface area contributed by atoms with E-state index in [-0.39, 0.29) is 5.97 Å². The molecule has 0 saturated carbocycles. The smallest absolute Gasteiger partial charge is 0.333 e. The zero-order chi connectivity index (χ0) is 13.8. The van der Waals surface area contributed by atoms with Crippen molar-refractivity contribution in [3.05, 3.63) is 11.1 Å². The Morgan fingerprint density at radius 1 is 0.889 bits per heavy atom. The van der Waals surface area contributed by atoms with E-state index in [1.165, 1.54) is 32.1 Å². The van der Waals surface area contributed by atoms with Gasteiger partial charge in [0.1, 0.15) is 0 Å². The number of rotatable bonds is 10. The van der Waals surface area contributed by atoms with Crippen LogP contribution in [0.4, 0.5) is 0 Å². The maximum Gasteiger partial charge on any atom is 0.333 e. The van der Waals surface area contributed by atoms with E-state index in [0.29, 0.717) is 6.61 Å². The van der Waals surface area contributed by atoms with Gasteiger partial charge in [-0.1, -0.05) is 57.9 Å². The first kappa shape index (κ1) is 17.2. The molecule has 0 spiro atoms. The second-order valence-electron chi connectivity index (χ2n) is 5.06. The van der Waals surface area contributed by atoms with Gasteiger partial charge in [-0.25, -0.2) is 4.79 Å². The molecule has 0 aromatic heterocycles. The molecule has 0 heterocycles. The molecule has 0 aliphatic carbocycles. The zero-order valence-electron chi connectivity index (χ0n) is 12.7. The third kappa shape index (κ3) is 8.32. The maximum atomic E-state index is 11.7. The van der Waals surface area contributed by atoms with Gasteiger partial charge in [0, 0.05) is 5.57 Å². The summed E-state index contributed by atoms with van der Waals surface area (Å²) in [6.07, 6.45) is 9.38. The van der Waals surface area contributed by atoms with Crippen molar-refractivity contribution in [2.75, 3.05) is 6.61 Å². The van der Waals surface area contributed by atoms with Gasteiger partial charge in [-0.15, -0.1) is 0 Å². The lowest BCUT2D eigenvalue weighted by molar-refractivity contribution is -0.139. The van der Waals surface area contributed by atoms with Crippen LogP contribution in [0.15, 0.2) is 11.1 Å². The first-order valence-electron chi connectivity index (χ1n) is 7.46. The monoisotopic (exact) mass is 254 g/mol. The summed E-state index contributed by atoms with van der Waals surface area (Å²) in [7, 11) is 0. The number of esters is 1. The van der Waals surface area contributed by atoms with Crippen molar-refractivity contribution in [1.29, 1.82) is 0 Å². The summed E-state index contributed by atoms with van der Waals surface area (Å²) in [5, 5.41) is 0. The van der Waals surface area contributed by atoms with Gasteiger partial charge in [0.25, 0.3) is 0 Å². The van der Waals surface area contributed by atoms with E-state index >= 15 is 0 Å². The molecular formula is C16H30O2. The van der Waals surface area contributed by atoms with E-state index in [1.54, 1.807) is 0 Å². The van der Waals surface area contributed by atoms with Crippen molar-refractivity contribution in [2.45, 2.75) is 79.1 Å². The van der Waals surface area contributed by atoms with E-state index in [9.17, 15) is 4.79 Å². The Bertz CT molecular complexity index is 254. The van der Waals surface area contributed by atoms with Gasteiger partial charge in [0.15, 0.2) is 0 Å². The lowest BCUT2D eigenvalue weighted by atomic mass is 10.1. The Morgan fingerprint density at radius 2 is 1.50 bits per heavy atom. The lowest BCUT2D eigenvalue weighted by Crippen LogP contribution is -2.08. The van der Waals surface area contributed by atoms with Crippen LogP contribution in [0.25, 0.3) is 0 Å². The molecule has 0 atom stereocenters. The summed E-state index contributed by atoms with van der Waals surface area (Å²) < 4.78 is 5.28. The molecule has 0 bridgehead atoms. The molecule has 0 saturated heterocycles. The molecule has 2 nitrogen and oxygen atoms in total. The van der Waals surface area contributed by atoms with Gasteiger partial charge < -0.3 is 4.74 Å². The number of unbranched alkanes of at least 4 members (excludes halogenated alkanes) is 5. The molecule has 2 heteroatoms. The summed E-state index contributed by atoms with van der Waals surface area (Å²) in [5.74, 6) is -0.130. The van der Waals surface area contributed by atoms with Crippen LogP contribution in [0, 0.1) is 0 Å². The van der Waals surface area contributed by atoms with E-state index in [2.05, 4.69) is 13.8 Å². The average Bonchev–Trinajstić information content (AvgIpc) is 2.36. The molecule has 0 rings (SSSR count). The van der Waals surface area contributed by atoms with E-state index in [1.807, 2.05) is 13.8 Å². The third-order valence-corrected chi connectivity index (χ3v) is 3.30. The highest BCUT2D eigenvalue weighted by Gasteiger charge is 2.08. The third-order valence-electron chi connectivity index (χ3n) is 3.30. The van der Waals surface area contributed by atoms with Gasteiger partial charge >= 0.3 is 5.97 Å². The summed E-state index contributed by atoms with van der Waals surface area (Å²) in [6.45, 7) is 8.80. The van der Waals surface area contributed by atoms with Crippen LogP contribution < -0.4 is 0 Å². The van der Waals surface area contributed by atoms with Crippen molar-refractivity contribution in [1.82, 2.24) is 0 Å². The molecule has 0 fully saturated rings. The molecule has 0 aromatic rings. The average molecular weight is 254 g/mol. The summed E-state index contributed by atoms with van der Waals surface area (Å²) in [4.78, 5) is 11.7. The second-order valence-corrected chi connectivity index (χ2v) is 5.06. The lowest BCUT2D eigenvalue weighted by Gasteiger charge is -2.08. The van der Waals surface area contributed by atoms with Gasteiger partial charge in [0.2, 0.25) is 0 Å². The Kier molecular flexibility index (Phi) is 10.8. The zero-order valence-corrected chi connectivity index (χ0v) is 12.7. The molecule has 0 aliphatic rings. The minimum absolute atomic E-state index is 0.130. The van der Waals surface area contributed by atoms with Crippen LogP contribution in [0.5, 0.6) is 0 Å². The highest BCUT2D eigenvalue weighted by atomic mass is 16.5. The first-order valence-corrected chi connectivity index (χ1v) is 7.46. The largest absolute Gasteiger partial charge is 0.462 e. The molecule has 0 unspecified atom stereocenters. The molecule has 18 heavy (non-hydrogen) atoms. The number of hydrogen-bond donors (Lipinski definition) is 0. The molecule has 0 radical (unpaired) electrons. The Balaban J connectivity index is 3.67. The molecule has 0 aromatic carbocycles. The first-order chi connectivity index (χ1) is 8.63. The van der Waals surface area contributed by atoms with Gasteiger partial charge in [-0.2, -0.15) is 0 Å². The van der Waals surface area contributed by atoms with Crippen molar-refractivity contribution in [2.24, 2.45) is 0 Å². The maximum absolute atomic E-state index is 11.7. The second kappa shape index (κ2) is 11.3. The number of ether oxygens (including phenoxy) is 1. The van der Waals surface area contributed by atoms with Gasteiger partial charge in [0.05, 0.1) is 6.61 Å². The van der Waals surface area contributed by atoms with E-state index in [4.69, 9.17) is 4.74 Å². The highest BCUT2D eigenvalue weighted by Crippen LogP contribution is 2.12. The molecule has 0 amide bonds. The predicted octanol–water partition coefficient (Wildman–Crippen LogP) is 5.03. The number of carbonyl (C=O) groups is 1. The molecule has 106 valence electrons. The fourth-order valence-electron chi connectivity index (χ4n) is 1.89. The topological polar surface area (TPSA) is 26.3 Å². The van der Waals surface area contributed by atoms with Gasteiger partial charge in [-0.3, -0.25) is 0 Å². The van der Waals surface area contributed by atoms with E-state index in [0.717, 1.165) is 30.4 Å². The Hall–Kier alpha value is -0.790. The van der Waals surface area contributed by atoms with Crippen molar-refractivity contribution >= 4 is 5.97 Å². The fraction of sp³-hybridized carbons (Fsp3) is 0.812. The predicted molar refractivity (Wildman–Crippen MR) is 77.6 cm³/mol. The highest BCUT2D eigenvalue weighted by molar-refractivity contribution is 5.88.